The first-order valence-electron chi connectivity index (χ1n) is 8.84. The van der Waals surface area contributed by atoms with Crippen LogP contribution in [0.2, 0.25) is 0 Å². The topological polar surface area (TPSA) is 92.9 Å². The molecule has 0 aliphatic heterocycles. The van der Waals surface area contributed by atoms with Crippen molar-refractivity contribution in [1.29, 1.82) is 0 Å². The molecule has 1 amide bonds. The van der Waals surface area contributed by atoms with Gasteiger partial charge in [0.15, 0.2) is 0 Å². The van der Waals surface area contributed by atoms with Crippen LogP contribution in [0.4, 0.5) is 22.9 Å². The first kappa shape index (κ1) is 17.5. The normalized spacial score (nSPS) is 10.6. The molecule has 0 aliphatic carbocycles. The SMILES string of the molecule is Cc1ccnc(NC(=O)c2ccc(Nc3ccnc4ccc(N)cc34)cc2)c1. The third kappa shape index (κ3) is 3.76. The Labute approximate surface area is 162 Å². The van der Waals surface area contributed by atoms with Gasteiger partial charge in [-0.05, 0) is 73.2 Å². The second kappa shape index (κ2) is 7.36. The standard InChI is InChI=1S/C22H19N5O/c1-14-8-10-25-21(12-14)27-22(28)15-2-5-17(6-3-15)26-20-9-11-24-19-7-4-16(23)13-18(19)20/h2-13H,23H2,1H3,(H,24,26)(H,25,27,28). The van der Waals surface area contributed by atoms with Crippen LogP contribution in [0.25, 0.3) is 10.9 Å². The van der Waals surface area contributed by atoms with E-state index in [4.69, 9.17) is 5.73 Å². The van der Waals surface area contributed by atoms with Crippen molar-refractivity contribution in [3.63, 3.8) is 0 Å². The van der Waals surface area contributed by atoms with Gasteiger partial charge in [0.05, 0.1) is 5.52 Å². The fraction of sp³-hybridized carbons (Fsp3) is 0.0455. The molecule has 6 heteroatoms. The molecule has 6 nitrogen and oxygen atoms in total. The molecular formula is C22H19N5O. The highest BCUT2D eigenvalue weighted by atomic mass is 16.1. The smallest absolute Gasteiger partial charge is 0.256 e. The molecule has 0 aliphatic rings. The van der Waals surface area contributed by atoms with Gasteiger partial charge in [0.25, 0.3) is 5.91 Å². The molecule has 4 aromatic rings. The van der Waals surface area contributed by atoms with E-state index in [0.29, 0.717) is 17.1 Å². The van der Waals surface area contributed by atoms with E-state index >= 15 is 0 Å². The fourth-order valence-corrected chi connectivity index (χ4v) is 2.93. The number of nitrogens with two attached hydrogens (primary N) is 1. The molecule has 0 unspecified atom stereocenters. The number of pyridine rings is 2. The lowest BCUT2D eigenvalue weighted by atomic mass is 10.1. The summed E-state index contributed by atoms with van der Waals surface area (Å²) < 4.78 is 0. The van der Waals surface area contributed by atoms with Crippen molar-refractivity contribution in [2.45, 2.75) is 6.92 Å². The number of nitrogens with one attached hydrogen (secondary N) is 2. The fourth-order valence-electron chi connectivity index (χ4n) is 2.93. The molecule has 2 heterocycles. The molecule has 0 spiro atoms. The number of hydrogen-bond acceptors (Lipinski definition) is 5. The quantitative estimate of drug-likeness (QED) is 0.460. The second-order valence-electron chi connectivity index (χ2n) is 6.51. The third-order valence-corrected chi connectivity index (χ3v) is 4.35. The van der Waals surface area contributed by atoms with Gasteiger partial charge in [-0.3, -0.25) is 9.78 Å². The maximum atomic E-state index is 12.4. The van der Waals surface area contributed by atoms with E-state index in [9.17, 15) is 4.79 Å². The number of amides is 1. The van der Waals surface area contributed by atoms with E-state index in [1.807, 2.05) is 55.5 Å². The lowest BCUT2D eigenvalue weighted by molar-refractivity contribution is 0.102. The van der Waals surface area contributed by atoms with Crippen molar-refractivity contribution in [3.05, 3.63) is 84.2 Å². The number of anilines is 4. The monoisotopic (exact) mass is 369 g/mol. The van der Waals surface area contributed by atoms with Crippen LogP contribution >= 0.6 is 0 Å². The van der Waals surface area contributed by atoms with Gasteiger partial charge in [-0.15, -0.1) is 0 Å². The molecule has 0 bridgehead atoms. The number of hydrogen-bond donors (Lipinski definition) is 3. The number of rotatable bonds is 4. The molecule has 0 fully saturated rings. The van der Waals surface area contributed by atoms with Crippen LogP contribution in [0.15, 0.2) is 73.1 Å². The highest BCUT2D eigenvalue weighted by Gasteiger charge is 2.08. The zero-order valence-electron chi connectivity index (χ0n) is 15.3. The molecule has 2 aromatic carbocycles. The summed E-state index contributed by atoms with van der Waals surface area (Å²) in [5.74, 6) is 0.333. The zero-order valence-corrected chi connectivity index (χ0v) is 15.3. The van der Waals surface area contributed by atoms with Gasteiger partial charge < -0.3 is 16.4 Å². The average Bonchev–Trinajstić information content (AvgIpc) is 2.69. The van der Waals surface area contributed by atoms with E-state index in [1.165, 1.54) is 0 Å². The number of nitrogens with zero attached hydrogens (tertiary/aromatic N) is 2. The van der Waals surface area contributed by atoms with Crippen molar-refractivity contribution in [2.75, 3.05) is 16.4 Å². The molecule has 0 radical (unpaired) electrons. The van der Waals surface area contributed by atoms with Gasteiger partial charge in [-0.2, -0.15) is 0 Å². The van der Waals surface area contributed by atoms with E-state index in [2.05, 4.69) is 20.6 Å². The predicted molar refractivity (Wildman–Crippen MR) is 113 cm³/mol. The Hall–Kier alpha value is -3.93. The van der Waals surface area contributed by atoms with E-state index in [-0.39, 0.29) is 5.91 Å². The summed E-state index contributed by atoms with van der Waals surface area (Å²) in [6, 6.07) is 18.5. The Balaban J connectivity index is 1.52. The number of carbonyl (C=O) groups excluding carboxylic acids is 1. The Morgan fingerprint density at radius 2 is 1.71 bits per heavy atom. The van der Waals surface area contributed by atoms with Crippen molar-refractivity contribution >= 4 is 39.7 Å². The minimum absolute atomic E-state index is 0.202. The number of benzene rings is 2. The molecule has 0 saturated heterocycles. The van der Waals surface area contributed by atoms with Crippen LogP contribution in [-0.2, 0) is 0 Å². The molecule has 2 aromatic heterocycles. The molecule has 4 N–H and O–H groups in total. The minimum Gasteiger partial charge on any atom is -0.399 e. The van der Waals surface area contributed by atoms with Crippen LogP contribution in [-0.4, -0.2) is 15.9 Å². The predicted octanol–water partition coefficient (Wildman–Crippen LogP) is 4.52. The lowest BCUT2D eigenvalue weighted by Crippen LogP contribution is -2.12. The van der Waals surface area contributed by atoms with Crippen LogP contribution in [0.1, 0.15) is 15.9 Å². The zero-order chi connectivity index (χ0) is 19.5. The Morgan fingerprint density at radius 3 is 2.50 bits per heavy atom. The summed E-state index contributed by atoms with van der Waals surface area (Å²) in [7, 11) is 0. The van der Waals surface area contributed by atoms with Crippen molar-refractivity contribution in [1.82, 2.24) is 9.97 Å². The average molecular weight is 369 g/mol. The number of aryl methyl sites for hydroxylation is 1. The Bertz CT molecular complexity index is 1160. The van der Waals surface area contributed by atoms with Crippen LogP contribution in [0.5, 0.6) is 0 Å². The summed E-state index contributed by atoms with van der Waals surface area (Å²) in [5.41, 5.74) is 10.8. The third-order valence-electron chi connectivity index (χ3n) is 4.35. The van der Waals surface area contributed by atoms with Crippen LogP contribution in [0.3, 0.4) is 0 Å². The van der Waals surface area contributed by atoms with Gasteiger partial charge in [-0.25, -0.2) is 4.98 Å². The van der Waals surface area contributed by atoms with Crippen LogP contribution < -0.4 is 16.4 Å². The Morgan fingerprint density at radius 1 is 0.929 bits per heavy atom. The van der Waals surface area contributed by atoms with Gasteiger partial charge in [-0.1, -0.05) is 0 Å². The molecule has 138 valence electrons. The largest absolute Gasteiger partial charge is 0.399 e. The highest BCUT2D eigenvalue weighted by Crippen LogP contribution is 2.27. The van der Waals surface area contributed by atoms with Crippen molar-refractivity contribution in [3.8, 4) is 0 Å². The van der Waals surface area contributed by atoms with E-state index < -0.39 is 0 Å². The molecule has 4 rings (SSSR count). The minimum atomic E-state index is -0.202. The van der Waals surface area contributed by atoms with E-state index in [1.54, 1.807) is 24.5 Å². The number of nitrogen functional groups attached to an aromatic ring is 1. The summed E-state index contributed by atoms with van der Waals surface area (Å²) >= 11 is 0. The Kier molecular flexibility index (Phi) is 4.60. The van der Waals surface area contributed by atoms with Gasteiger partial charge in [0.2, 0.25) is 0 Å². The highest BCUT2D eigenvalue weighted by molar-refractivity contribution is 6.04. The number of aromatic nitrogens is 2. The second-order valence-corrected chi connectivity index (χ2v) is 6.51. The van der Waals surface area contributed by atoms with Gasteiger partial charge >= 0.3 is 0 Å². The summed E-state index contributed by atoms with van der Waals surface area (Å²) in [4.78, 5) is 20.9. The number of carbonyl (C=O) groups is 1. The maximum Gasteiger partial charge on any atom is 0.256 e. The van der Waals surface area contributed by atoms with Gasteiger partial charge in [0.1, 0.15) is 5.82 Å². The summed E-state index contributed by atoms with van der Waals surface area (Å²) in [5, 5.41) is 7.10. The molecule has 0 atom stereocenters. The van der Waals surface area contributed by atoms with Gasteiger partial charge in [0, 0.05) is 40.4 Å². The first-order valence-corrected chi connectivity index (χ1v) is 8.84. The molecule has 0 saturated carbocycles. The first-order chi connectivity index (χ1) is 13.6. The summed E-state index contributed by atoms with van der Waals surface area (Å²) in [6.45, 7) is 1.95. The molecule has 28 heavy (non-hydrogen) atoms. The maximum absolute atomic E-state index is 12.4. The lowest BCUT2D eigenvalue weighted by Gasteiger charge is -2.11. The molecular weight excluding hydrogens is 350 g/mol. The number of fused-ring (bicyclic) bond motifs is 1. The van der Waals surface area contributed by atoms with Crippen LogP contribution in [0, 0.1) is 6.92 Å². The van der Waals surface area contributed by atoms with Crippen molar-refractivity contribution < 1.29 is 4.79 Å². The van der Waals surface area contributed by atoms with Crippen molar-refractivity contribution in [2.24, 2.45) is 0 Å². The van der Waals surface area contributed by atoms with E-state index in [0.717, 1.165) is 27.8 Å². The summed E-state index contributed by atoms with van der Waals surface area (Å²) in [6.07, 6.45) is 3.42.